The molecule has 1 atom stereocenters. The quantitative estimate of drug-likeness (QED) is 0.771. The third-order valence-corrected chi connectivity index (χ3v) is 3.78. The average molecular weight is 195 g/mol. The van der Waals surface area contributed by atoms with E-state index in [9.17, 15) is 0 Å². The van der Waals surface area contributed by atoms with Crippen molar-refractivity contribution < 1.29 is 0 Å². The van der Waals surface area contributed by atoms with Crippen LogP contribution in [0.2, 0.25) is 0 Å². The van der Waals surface area contributed by atoms with Crippen molar-refractivity contribution in [2.45, 2.75) is 39.2 Å². The zero-order chi connectivity index (χ0) is 9.42. The van der Waals surface area contributed by atoms with Crippen molar-refractivity contribution in [2.24, 2.45) is 11.7 Å². The molecular formula is C11H17NS. The molecular weight excluding hydrogens is 178 g/mol. The van der Waals surface area contributed by atoms with Crippen molar-refractivity contribution in [3.05, 3.63) is 21.4 Å². The summed E-state index contributed by atoms with van der Waals surface area (Å²) in [6.07, 6.45) is 3.56. The molecule has 13 heavy (non-hydrogen) atoms. The molecule has 1 unspecified atom stereocenters. The van der Waals surface area contributed by atoms with Gasteiger partial charge in [-0.1, -0.05) is 13.8 Å². The molecule has 0 saturated heterocycles. The Hall–Kier alpha value is -0.340. The molecule has 0 amide bonds. The van der Waals surface area contributed by atoms with E-state index in [1.54, 1.807) is 4.88 Å². The van der Waals surface area contributed by atoms with Crippen LogP contribution >= 0.6 is 11.3 Å². The predicted octanol–water partition coefficient (Wildman–Crippen LogP) is 2.89. The lowest BCUT2D eigenvalue weighted by Crippen LogP contribution is -2.08. The number of thiophene rings is 1. The second kappa shape index (κ2) is 3.43. The van der Waals surface area contributed by atoms with Gasteiger partial charge in [-0.25, -0.2) is 0 Å². The highest BCUT2D eigenvalue weighted by molar-refractivity contribution is 7.10. The lowest BCUT2D eigenvalue weighted by atomic mass is 9.99. The number of aryl methyl sites for hydroxylation is 1. The Balaban J connectivity index is 2.27. The van der Waals surface area contributed by atoms with E-state index in [0.29, 0.717) is 6.04 Å². The summed E-state index contributed by atoms with van der Waals surface area (Å²) in [7, 11) is 0. The summed E-state index contributed by atoms with van der Waals surface area (Å²) in [6, 6.07) is 0.329. The third-order valence-electron chi connectivity index (χ3n) is 2.67. The highest BCUT2D eigenvalue weighted by Gasteiger charge is 2.24. The molecule has 1 aliphatic carbocycles. The number of hydrogen-bond donors (Lipinski definition) is 1. The summed E-state index contributed by atoms with van der Waals surface area (Å²) in [5, 5.41) is 2.31. The van der Waals surface area contributed by atoms with Gasteiger partial charge in [-0.15, -0.1) is 11.3 Å². The van der Waals surface area contributed by atoms with Crippen LogP contribution in [0.3, 0.4) is 0 Å². The molecule has 1 nitrogen and oxygen atoms in total. The van der Waals surface area contributed by atoms with Crippen LogP contribution in [0, 0.1) is 5.92 Å². The summed E-state index contributed by atoms with van der Waals surface area (Å²) in [5.74, 6) is 0.742. The van der Waals surface area contributed by atoms with E-state index in [4.69, 9.17) is 5.73 Å². The summed E-state index contributed by atoms with van der Waals surface area (Å²) in [5.41, 5.74) is 9.07. The maximum atomic E-state index is 6.07. The van der Waals surface area contributed by atoms with Gasteiger partial charge in [-0.2, -0.15) is 0 Å². The van der Waals surface area contributed by atoms with Crippen LogP contribution in [0.4, 0.5) is 0 Å². The van der Waals surface area contributed by atoms with Gasteiger partial charge in [0.15, 0.2) is 0 Å². The molecule has 0 fully saturated rings. The van der Waals surface area contributed by atoms with E-state index in [2.05, 4.69) is 19.2 Å². The van der Waals surface area contributed by atoms with Gasteiger partial charge in [0.05, 0.1) is 0 Å². The molecule has 1 aromatic rings. The monoisotopic (exact) mass is 195 g/mol. The average Bonchev–Trinajstić information content (AvgIpc) is 2.56. The summed E-state index contributed by atoms with van der Waals surface area (Å²) in [4.78, 5) is 1.54. The first-order chi connectivity index (χ1) is 6.18. The Kier molecular flexibility index (Phi) is 2.43. The van der Waals surface area contributed by atoms with Gasteiger partial charge in [0, 0.05) is 10.9 Å². The van der Waals surface area contributed by atoms with Gasteiger partial charge < -0.3 is 5.73 Å². The molecule has 72 valence electrons. The number of nitrogens with two attached hydrogens (primary N) is 1. The second-order valence-electron chi connectivity index (χ2n) is 4.34. The molecule has 0 aliphatic heterocycles. The zero-order valence-corrected chi connectivity index (χ0v) is 9.16. The van der Waals surface area contributed by atoms with Gasteiger partial charge in [0.25, 0.3) is 0 Å². The van der Waals surface area contributed by atoms with Crippen molar-refractivity contribution in [3.63, 3.8) is 0 Å². The molecule has 0 bridgehead atoms. The smallest absolute Gasteiger partial charge is 0.0312 e. The number of rotatable bonds is 2. The maximum absolute atomic E-state index is 6.07. The molecule has 0 aromatic carbocycles. The first kappa shape index (κ1) is 9.22. The van der Waals surface area contributed by atoms with Gasteiger partial charge in [0.1, 0.15) is 0 Å². The van der Waals surface area contributed by atoms with E-state index >= 15 is 0 Å². The van der Waals surface area contributed by atoms with Gasteiger partial charge >= 0.3 is 0 Å². The second-order valence-corrected chi connectivity index (χ2v) is 5.31. The fourth-order valence-corrected chi connectivity index (χ4v) is 3.27. The lowest BCUT2D eigenvalue weighted by Gasteiger charge is -2.08. The molecule has 0 radical (unpaired) electrons. The largest absolute Gasteiger partial charge is 0.324 e. The first-order valence-corrected chi connectivity index (χ1v) is 5.91. The van der Waals surface area contributed by atoms with Crippen LogP contribution in [-0.2, 0) is 12.8 Å². The fraction of sp³-hybridized carbons (Fsp3) is 0.636. The zero-order valence-electron chi connectivity index (χ0n) is 8.34. The van der Waals surface area contributed by atoms with Crippen LogP contribution in [0.15, 0.2) is 5.38 Å². The van der Waals surface area contributed by atoms with Crippen molar-refractivity contribution in [1.29, 1.82) is 0 Å². The highest BCUT2D eigenvalue weighted by atomic mass is 32.1. The van der Waals surface area contributed by atoms with Crippen molar-refractivity contribution in [1.82, 2.24) is 0 Å². The first-order valence-electron chi connectivity index (χ1n) is 5.03. The molecule has 2 N–H and O–H groups in total. The Morgan fingerprint density at radius 1 is 1.62 bits per heavy atom. The predicted molar refractivity (Wildman–Crippen MR) is 58.1 cm³/mol. The molecule has 0 spiro atoms. The number of fused-ring (bicyclic) bond motifs is 1. The van der Waals surface area contributed by atoms with E-state index in [-0.39, 0.29) is 0 Å². The Labute approximate surface area is 84.0 Å². The summed E-state index contributed by atoms with van der Waals surface area (Å²) < 4.78 is 0. The van der Waals surface area contributed by atoms with Crippen LogP contribution in [-0.4, -0.2) is 0 Å². The Morgan fingerprint density at radius 3 is 3.08 bits per heavy atom. The molecule has 0 saturated carbocycles. The molecule has 1 heterocycles. The van der Waals surface area contributed by atoms with Gasteiger partial charge in [0.2, 0.25) is 0 Å². The normalized spacial score (nSPS) is 21.1. The van der Waals surface area contributed by atoms with Gasteiger partial charge in [-0.3, -0.25) is 0 Å². The van der Waals surface area contributed by atoms with E-state index in [0.717, 1.165) is 12.3 Å². The van der Waals surface area contributed by atoms with Crippen LogP contribution < -0.4 is 5.73 Å². The lowest BCUT2D eigenvalue weighted by molar-refractivity contribution is 0.634. The molecule has 2 heteroatoms. The topological polar surface area (TPSA) is 26.0 Å². The third kappa shape index (κ3) is 1.65. The minimum absolute atomic E-state index is 0.329. The summed E-state index contributed by atoms with van der Waals surface area (Å²) >= 11 is 1.90. The van der Waals surface area contributed by atoms with Crippen molar-refractivity contribution in [2.75, 3.05) is 0 Å². The maximum Gasteiger partial charge on any atom is 0.0312 e. The van der Waals surface area contributed by atoms with E-state index in [1.807, 2.05) is 11.3 Å². The van der Waals surface area contributed by atoms with Crippen LogP contribution in [0.5, 0.6) is 0 Å². The van der Waals surface area contributed by atoms with Gasteiger partial charge in [-0.05, 0) is 41.7 Å². The molecule has 1 aromatic heterocycles. The van der Waals surface area contributed by atoms with E-state index in [1.165, 1.54) is 24.0 Å². The number of hydrogen-bond acceptors (Lipinski definition) is 2. The Morgan fingerprint density at radius 2 is 2.38 bits per heavy atom. The standard InChI is InChI=1S/C11H17NS/c1-7(2)5-8-6-13-10-4-3-9(12)11(8)10/h6-7,9H,3-5,12H2,1-2H3. The van der Waals surface area contributed by atoms with Crippen molar-refractivity contribution >= 4 is 11.3 Å². The van der Waals surface area contributed by atoms with E-state index < -0.39 is 0 Å². The fourth-order valence-electron chi connectivity index (χ4n) is 2.12. The SMILES string of the molecule is CC(C)Cc1csc2c1C(N)CC2. The molecule has 1 aliphatic rings. The minimum Gasteiger partial charge on any atom is -0.324 e. The highest BCUT2D eigenvalue weighted by Crippen LogP contribution is 2.37. The summed E-state index contributed by atoms with van der Waals surface area (Å²) in [6.45, 7) is 4.54. The van der Waals surface area contributed by atoms with Crippen LogP contribution in [0.25, 0.3) is 0 Å². The Bertz CT molecular complexity index is 301. The van der Waals surface area contributed by atoms with Crippen LogP contribution in [0.1, 0.15) is 42.3 Å². The minimum atomic E-state index is 0.329. The van der Waals surface area contributed by atoms with Crippen molar-refractivity contribution in [3.8, 4) is 0 Å². The molecule has 2 rings (SSSR count).